The Bertz CT molecular complexity index is 333. The maximum atomic E-state index is 9.02. The summed E-state index contributed by atoms with van der Waals surface area (Å²) in [5.74, 6) is 0.498. The fourth-order valence-electron chi connectivity index (χ4n) is 2.13. The van der Waals surface area contributed by atoms with Gasteiger partial charge in [-0.1, -0.05) is 25.1 Å². The van der Waals surface area contributed by atoms with Crippen LogP contribution >= 0.6 is 0 Å². The summed E-state index contributed by atoms with van der Waals surface area (Å²) in [6, 6.07) is 6.13. The highest BCUT2D eigenvalue weighted by molar-refractivity contribution is 5.45. The van der Waals surface area contributed by atoms with Crippen molar-refractivity contribution in [3.8, 4) is 0 Å². The van der Waals surface area contributed by atoms with Gasteiger partial charge in [0.15, 0.2) is 0 Å². The van der Waals surface area contributed by atoms with E-state index in [1.807, 2.05) is 13.0 Å². The molecule has 0 saturated carbocycles. The minimum Gasteiger partial charge on any atom is -0.392 e. The first-order chi connectivity index (χ1) is 6.77. The summed E-state index contributed by atoms with van der Waals surface area (Å²) in [5.41, 5.74) is 3.59. The van der Waals surface area contributed by atoms with E-state index in [0.717, 1.165) is 12.2 Å². The number of hydrogen-bond donors (Lipinski definition) is 1. The Kier molecular flexibility index (Phi) is 2.57. The lowest BCUT2D eigenvalue weighted by Gasteiger charge is -2.37. The van der Waals surface area contributed by atoms with Crippen LogP contribution in [0.15, 0.2) is 18.2 Å². The molecule has 0 bridgehead atoms. The van der Waals surface area contributed by atoms with Crippen LogP contribution in [0.5, 0.6) is 0 Å². The number of fused-ring (bicyclic) bond motifs is 1. The van der Waals surface area contributed by atoms with Crippen LogP contribution in [-0.2, 0) is 11.3 Å². The van der Waals surface area contributed by atoms with Crippen molar-refractivity contribution in [3.05, 3.63) is 34.9 Å². The first-order valence-corrected chi connectivity index (χ1v) is 5.13. The largest absolute Gasteiger partial charge is 0.392 e. The van der Waals surface area contributed by atoms with Crippen LogP contribution in [0.3, 0.4) is 0 Å². The summed E-state index contributed by atoms with van der Waals surface area (Å²) >= 11 is 0. The average Bonchev–Trinajstić information content (AvgIpc) is 2.24. The average molecular weight is 192 g/mol. The molecule has 14 heavy (non-hydrogen) atoms. The summed E-state index contributed by atoms with van der Waals surface area (Å²) < 4.78 is 5.63. The summed E-state index contributed by atoms with van der Waals surface area (Å²) in [4.78, 5) is 0. The van der Waals surface area contributed by atoms with E-state index < -0.39 is 0 Å². The summed E-state index contributed by atoms with van der Waals surface area (Å²) in [6.07, 6.45) is 0.237. The summed E-state index contributed by atoms with van der Waals surface area (Å²) in [6.45, 7) is 5.06. The highest BCUT2D eigenvalue weighted by Crippen LogP contribution is 2.47. The zero-order valence-electron chi connectivity index (χ0n) is 8.66. The van der Waals surface area contributed by atoms with E-state index in [4.69, 9.17) is 9.84 Å². The molecule has 0 radical (unpaired) electrons. The van der Waals surface area contributed by atoms with Crippen molar-refractivity contribution < 1.29 is 9.84 Å². The minimum atomic E-state index is 0.112. The Balaban J connectivity index is 2.27. The second kappa shape index (κ2) is 3.71. The number of aliphatic hydroxyl groups excluding tert-OH is 1. The molecule has 2 nitrogen and oxygen atoms in total. The number of aliphatic hydroxyl groups is 1. The van der Waals surface area contributed by atoms with E-state index in [1.54, 1.807) is 0 Å². The topological polar surface area (TPSA) is 29.5 Å². The van der Waals surface area contributed by atoms with Gasteiger partial charge >= 0.3 is 0 Å². The molecular formula is C12H16O2. The monoisotopic (exact) mass is 192 g/mol. The highest BCUT2D eigenvalue weighted by atomic mass is 16.5. The van der Waals surface area contributed by atoms with E-state index >= 15 is 0 Å². The SMILES string of the molecule is CCO[C@H]1c2cc(CO)ccc2[C@H]1C. The van der Waals surface area contributed by atoms with Gasteiger partial charge in [0, 0.05) is 12.5 Å². The van der Waals surface area contributed by atoms with E-state index in [9.17, 15) is 0 Å². The van der Waals surface area contributed by atoms with Crippen LogP contribution in [0.2, 0.25) is 0 Å². The predicted octanol–water partition coefficient (Wildman–Crippen LogP) is 2.37. The third-order valence-corrected chi connectivity index (χ3v) is 2.93. The third kappa shape index (κ3) is 1.35. The molecule has 2 atom stereocenters. The fraction of sp³-hybridized carbons (Fsp3) is 0.500. The van der Waals surface area contributed by atoms with Gasteiger partial charge in [0.25, 0.3) is 0 Å². The van der Waals surface area contributed by atoms with Crippen LogP contribution < -0.4 is 0 Å². The predicted molar refractivity (Wildman–Crippen MR) is 55.1 cm³/mol. The van der Waals surface area contributed by atoms with Gasteiger partial charge in [-0.15, -0.1) is 0 Å². The van der Waals surface area contributed by atoms with E-state index in [-0.39, 0.29) is 12.7 Å². The van der Waals surface area contributed by atoms with Crippen LogP contribution in [0.4, 0.5) is 0 Å². The molecule has 0 amide bonds. The molecule has 1 aromatic rings. The first kappa shape index (κ1) is 9.69. The Labute approximate surface area is 84.5 Å². The Morgan fingerprint density at radius 2 is 2.14 bits per heavy atom. The molecule has 76 valence electrons. The zero-order chi connectivity index (χ0) is 10.1. The third-order valence-electron chi connectivity index (χ3n) is 2.93. The number of ether oxygens (including phenoxy) is 1. The molecule has 1 aromatic carbocycles. The first-order valence-electron chi connectivity index (χ1n) is 5.13. The van der Waals surface area contributed by atoms with E-state index in [0.29, 0.717) is 5.92 Å². The van der Waals surface area contributed by atoms with Crippen molar-refractivity contribution >= 4 is 0 Å². The van der Waals surface area contributed by atoms with Crippen molar-refractivity contribution in [1.82, 2.24) is 0 Å². The molecular weight excluding hydrogens is 176 g/mol. The molecule has 1 N–H and O–H groups in total. The van der Waals surface area contributed by atoms with Gasteiger partial charge in [0.1, 0.15) is 0 Å². The molecule has 1 aliphatic carbocycles. The van der Waals surface area contributed by atoms with Crippen molar-refractivity contribution in [2.45, 2.75) is 32.5 Å². The second-order valence-electron chi connectivity index (χ2n) is 3.79. The van der Waals surface area contributed by atoms with Gasteiger partial charge in [-0.3, -0.25) is 0 Å². The quantitative estimate of drug-likeness (QED) is 0.796. The van der Waals surface area contributed by atoms with Crippen molar-refractivity contribution in [1.29, 1.82) is 0 Å². The van der Waals surface area contributed by atoms with Gasteiger partial charge in [-0.2, -0.15) is 0 Å². The lowest BCUT2D eigenvalue weighted by atomic mass is 9.75. The molecule has 1 aliphatic rings. The smallest absolute Gasteiger partial charge is 0.0893 e. The second-order valence-corrected chi connectivity index (χ2v) is 3.79. The van der Waals surface area contributed by atoms with E-state index in [2.05, 4.69) is 19.1 Å². The molecule has 0 aliphatic heterocycles. The minimum absolute atomic E-state index is 0.112. The van der Waals surface area contributed by atoms with Gasteiger partial charge in [0.2, 0.25) is 0 Å². The van der Waals surface area contributed by atoms with E-state index in [1.165, 1.54) is 11.1 Å². The Hall–Kier alpha value is -0.860. The van der Waals surface area contributed by atoms with Crippen LogP contribution in [0.25, 0.3) is 0 Å². The van der Waals surface area contributed by atoms with Gasteiger partial charge in [0.05, 0.1) is 12.7 Å². The van der Waals surface area contributed by atoms with Gasteiger partial charge in [-0.05, 0) is 23.6 Å². The van der Waals surface area contributed by atoms with Gasteiger partial charge < -0.3 is 9.84 Å². The molecule has 0 spiro atoms. The molecule has 0 aromatic heterocycles. The Morgan fingerprint density at radius 3 is 2.79 bits per heavy atom. The lowest BCUT2D eigenvalue weighted by Crippen LogP contribution is -2.24. The van der Waals surface area contributed by atoms with Crippen molar-refractivity contribution in [3.63, 3.8) is 0 Å². The number of rotatable bonds is 3. The molecule has 2 rings (SSSR count). The number of benzene rings is 1. The molecule has 0 unspecified atom stereocenters. The Morgan fingerprint density at radius 1 is 1.36 bits per heavy atom. The summed E-state index contributed by atoms with van der Waals surface area (Å²) in [7, 11) is 0. The summed E-state index contributed by atoms with van der Waals surface area (Å²) in [5, 5.41) is 9.02. The standard InChI is InChI=1S/C12H16O2/c1-3-14-12-8(2)10-5-4-9(7-13)6-11(10)12/h4-6,8,12-13H,3,7H2,1-2H3/t8-,12-/m1/s1. The van der Waals surface area contributed by atoms with Crippen LogP contribution in [-0.4, -0.2) is 11.7 Å². The molecule has 0 saturated heterocycles. The maximum Gasteiger partial charge on any atom is 0.0893 e. The van der Waals surface area contributed by atoms with Crippen LogP contribution in [0.1, 0.15) is 42.6 Å². The fourth-order valence-corrected chi connectivity index (χ4v) is 2.13. The lowest BCUT2D eigenvalue weighted by molar-refractivity contribution is 0.0262. The maximum absolute atomic E-state index is 9.02. The highest BCUT2D eigenvalue weighted by Gasteiger charge is 2.34. The normalized spacial score (nSPS) is 24.2. The molecule has 0 heterocycles. The molecule has 2 heteroatoms. The van der Waals surface area contributed by atoms with Crippen LogP contribution in [0, 0.1) is 0 Å². The van der Waals surface area contributed by atoms with Crippen molar-refractivity contribution in [2.75, 3.05) is 6.61 Å². The molecule has 0 fully saturated rings. The van der Waals surface area contributed by atoms with Crippen molar-refractivity contribution in [2.24, 2.45) is 0 Å². The zero-order valence-corrected chi connectivity index (χ0v) is 8.66. The number of hydrogen-bond acceptors (Lipinski definition) is 2. The van der Waals surface area contributed by atoms with Gasteiger partial charge in [-0.25, -0.2) is 0 Å².